The summed E-state index contributed by atoms with van der Waals surface area (Å²) in [4.78, 5) is 18.0. The number of carbonyl (C=O) groups is 1. The number of rotatable bonds is 2. The average Bonchev–Trinajstić information content (AvgIpc) is 2.76. The number of hydrogen-bond acceptors (Lipinski definition) is 4. The van der Waals surface area contributed by atoms with Crippen LogP contribution in [0.25, 0.3) is 6.08 Å². The predicted molar refractivity (Wildman–Crippen MR) is 61.3 cm³/mol. The molecule has 0 aromatic carbocycles. The number of oxime groups is 1. The third-order valence-electron chi connectivity index (χ3n) is 1.94. The van der Waals surface area contributed by atoms with E-state index in [4.69, 9.17) is 11.6 Å². The van der Waals surface area contributed by atoms with Crippen LogP contribution in [-0.2, 0) is 9.63 Å². The molecule has 2 heterocycles. The topological polar surface area (TPSA) is 38.7 Å². The van der Waals surface area contributed by atoms with Crippen molar-refractivity contribution < 1.29 is 9.63 Å². The minimum atomic E-state index is -0.434. The van der Waals surface area contributed by atoms with Gasteiger partial charge in [0.2, 0.25) is 0 Å². The van der Waals surface area contributed by atoms with E-state index in [0.29, 0.717) is 11.3 Å². The molecule has 0 saturated heterocycles. The SMILES string of the molecule is Cc1ccc(/C=C2\C(=O)ON=C2CCl)s1. The van der Waals surface area contributed by atoms with Gasteiger partial charge in [0, 0.05) is 9.75 Å². The van der Waals surface area contributed by atoms with Crippen molar-refractivity contribution in [3.8, 4) is 0 Å². The van der Waals surface area contributed by atoms with E-state index in [0.717, 1.165) is 4.88 Å². The molecule has 0 saturated carbocycles. The Morgan fingerprint density at radius 3 is 3.00 bits per heavy atom. The Balaban J connectivity index is 2.33. The van der Waals surface area contributed by atoms with Gasteiger partial charge >= 0.3 is 5.97 Å². The Bertz CT molecular complexity index is 462. The largest absolute Gasteiger partial charge is 0.367 e. The molecule has 0 amide bonds. The molecule has 0 N–H and O–H groups in total. The highest BCUT2D eigenvalue weighted by Gasteiger charge is 2.24. The Morgan fingerprint density at radius 1 is 1.60 bits per heavy atom. The first-order chi connectivity index (χ1) is 7.20. The van der Waals surface area contributed by atoms with Crippen LogP contribution in [0.15, 0.2) is 22.9 Å². The van der Waals surface area contributed by atoms with E-state index in [9.17, 15) is 4.79 Å². The lowest BCUT2D eigenvalue weighted by molar-refractivity contribution is -0.136. The molecule has 0 unspecified atom stereocenters. The fraction of sp³-hybridized carbons (Fsp3) is 0.200. The van der Waals surface area contributed by atoms with Gasteiger partial charge in [-0.1, -0.05) is 5.16 Å². The van der Waals surface area contributed by atoms with Crippen LogP contribution in [0.2, 0.25) is 0 Å². The van der Waals surface area contributed by atoms with Gasteiger partial charge in [0.25, 0.3) is 0 Å². The summed E-state index contributed by atoms with van der Waals surface area (Å²) >= 11 is 7.25. The number of thiophene rings is 1. The normalized spacial score (nSPS) is 18.1. The van der Waals surface area contributed by atoms with E-state index < -0.39 is 5.97 Å². The lowest BCUT2D eigenvalue weighted by Gasteiger charge is -1.92. The van der Waals surface area contributed by atoms with Crippen molar-refractivity contribution in [1.82, 2.24) is 0 Å². The molecule has 1 aliphatic rings. The van der Waals surface area contributed by atoms with Crippen LogP contribution in [-0.4, -0.2) is 17.6 Å². The number of halogens is 1. The summed E-state index contributed by atoms with van der Waals surface area (Å²) in [6.45, 7) is 2.01. The van der Waals surface area contributed by atoms with Crippen LogP contribution in [0.5, 0.6) is 0 Å². The van der Waals surface area contributed by atoms with Crippen molar-refractivity contribution in [3.63, 3.8) is 0 Å². The fourth-order valence-electron chi connectivity index (χ4n) is 1.22. The van der Waals surface area contributed by atoms with Crippen LogP contribution in [0.4, 0.5) is 0 Å². The molecule has 0 bridgehead atoms. The van der Waals surface area contributed by atoms with Gasteiger partial charge in [-0.25, -0.2) is 4.79 Å². The molecule has 1 aliphatic heterocycles. The molecular weight excluding hydrogens is 234 g/mol. The molecule has 0 aliphatic carbocycles. The number of aryl methyl sites for hydroxylation is 1. The summed E-state index contributed by atoms with van der Waals surface area (Å²) in [7, 11) is 0. The van der Waals surface area contributed by atoms with Crippen LogP contribution in [0.3, 0.4) is 0 Å². The first kappa shape index (κ1) is 10.4. The van der Waals surface area contributed by atoms with Crippen molar-refractivity contribution in [1.29, 1.82) is 0 Å². The Labute approximate surface area is 96.0 Å². The molecule has 1 aromatic rings. The van der Waals surface area contributed by atoms with E-state index in [1.165, 1.54) is 4.88 Å². The van der Waals surface area contributed by atoms with Crippen molar-refractivity contribution in [2.45, 2.75) is 6.92 Å². The second-order valence-corrected chi connectivity index (χ2v) is 4.64. The maximum atomic E-state index is 11.3. The molecule has 3 nitrogen and oxygen atoms in total. The van der Waals surface area contributed by atoms with E-state index in [1.807, 2.05) is 19.1 Å². The first-order valence-electron chi connectivity index (χ1n) is 4.33. The quantitative estimate of drug-likeness (QED) is 0.454. The number of hydrogen-bond donors (Lipinski definition) is 0. The van der Waals surface area contributed by atoms with E-state index in [-0.39, 0.29) is 5.88 Å². The van der Waals surface area contributed by atoms with Gasteiger partial charge in [0.05, 0.1) is 11.5 Å². The maximum Gasteiger partial charge on any atom is 0.367 e. The van der Waals surface area contributed by atoms with Crippen molar-refractivity contribution in [2.24, 2.45) is 5.16 Å². The van der Waals surface area contributed by atoms with Crippen LogP contribution < -0.4 is 0 Å². The smallest absolute Gasteiger partial charge is 0.312 e. The first-order valence-corrected chi connectivity index (χ1v) is 5.68. The zero-order valence-corrected chi connectivity index (χ0v) is 9.56. The summed E-state index contributed by atoms with van der Waals surface area (Å²) in [6.07, 6.45) is 1.76. The molecule has 2 rings (SSSR count). The van der Waals surface area contributed by atoms with Gasteiger partial charge in [0.1, 0.15) is 5.71 Å². The lowest BCUT2D eigenvalue weighted by atomic mass is 10.1. The molecule has 78 valence electrons. The standard InChI is InChI=1S/C10H8ClNO2S/c1-6-2-3-7(15-6)4-8-9(5-11)12-14-10(8)13/h2-4H,5H2,1H3/b8-4-. The molecular formula is C10H8ClNO2S. The lowest BCUT2D eigenvalue weighted by Crippen LogP contribution is -2.05. The number of carbonyl (C=O) groups excluding carboxylic acids is 1. The van der Waals surface area contributed by atoms with Gasteiger partial charge in [-0.3, -0.25) is 0 Å². The Hall–Kier alpha value is -1.13. The van der Waals surface area contributed by atoms with Crippen molar-refractivity contribution >= 4 is 40.7 Å². The summed E-state index contributed by atoms with van der Waals surface area (Å²) < 4.78 is 0. The van der Waals surface area contributed by atoms with Gasteiger partial charge < -0.3 is 4.84 Å². The van der Waals surface area contributed by atoms with Crippen molar-refractivity contribution in [2.75, 3.05) is 5.88 Å². The predicted octanol–water partition coefficient (Wildman–Crippen LogP) is 2.59. The van der Waals surface area contributed by atoms with Crippen LogP contribution >= 0.6 is 22.9 Å². The molecule has 0 fully saturated rings. The highest BCUT2D eigenvalue weighted by atomic mass is 35.5. The van der Waals surface area contributed by atoms with Crippen LogP contribution in [0.1, 0.15) is 9.75 Å². The molecule has 0 radical (unpaired) electrons. The van der Waals surface area contributed by atoms with E-state index in [1.54, 1.807) is 17.4 Å². The van der Waals surface area contributed by atoms with Gasteiger partial charge in [-0.2, -0.15) is 0 Å². The molecule has 5 heteroatoms. The summed E-state index contributed by atoms with van der Waals surface area (Å²) in [5, 5.41) is 3.59. The third kappa shape index (κ3) is 2.11. The number of alkyl halides is 1. The van der Waals surface area contributed by atoms with E-state index >= 15 is 0 Å². The van der Waals surface area contributed by atoms with Gasteiger partial charge in [0.15, 0.2) is 0 Å². The summed E-state index contributed by atoms with van der Waals surface area (Å²) in [6, 6.07) is 3.94. The van der Waals surface area contributed by atoms with Gasteiger partial charge in [-0.15, -0.1) is 22.9 Å². The summed E-state index contributed by atoms with van der Waals surface area (Å²) in [5.41, 5.74) is 0.944. The monoisotopic (exact) mass is 241 g/mol. The average molecular weight is 242 g/mol. The molecule has 15 heavy (non-hydrogen) atoms. The minimum Gasteiger partial charge on any atom is -0.312 e. The molecule has 1 aromatic heterocycles. The molecule has 0 atom stereocenters. The van der Waals surface area contributed by atoms with Gasteiger partial charge in [-0.05, 0) is 25.1 Å². The molecule has 0 spiro atoms. The van der Waals surface area contributed by atoms with Crippen LogP contribution in [0, 0.1) is 6.92 Å². The Kier molecular flexibility index (Phi) is 2.88. The van der Waals surface area contributed by atoms with E-state index in [2.05, 4.69) is 9.99 Å². The number of nitrogens with zero attached hydrogens (tertiary/aromatic N) is 1. The highest BCUT2D eigenvalue weighted by molar-refractivity contribution is 7.12. The highest BCUT2D eigenvalue weighted by Crippen LogP contribution is 2.21. The van der Waals surface area contributed by atoms with Crippen molar-refractivity contribution in [3.05, 3.63) is 27.5 Å². The second kappa shape index (κ2) is 4.16. The second-order valence-electron chi connectivity index (χ2n) is 3.06. The maximum absolute atomic E-state index is 11.3. The fourth-order valence-corrected chi connectivity index (χ4v) is 2.24. The minimum absolute atomic E-state index is 0.182. The third-order valence-corrected chi connectivity index (χ3v) is 3.14. The summed E-state index contributed by atoms with van der Waals surface area (Å²) in [5.74, 6) is -0.251. The zero-order valence-electron chi connectivity index (χ0n) is 7.99. The Morgan fingerprint density at radius 2 is 2.40 bits per heavy atom. The zero-order chi connectivity index (χ0) is 10.8.